The van der Waals surface area contributed by atoms with Crippen LogP contribution in [0.3, 0.4) is 0 Å². The summed E-state index contributed by atoms with van der Waals surface area (Å²) in [4.78, 5) is 12.1. The van der Waals surface area contributed by atoms with Gasteiger partial charge in [-0.05, 0) is 47.9 Å². The van der Waals surface area contributed by atoms with Crippen molar-refractivity contribution in [2.45, 2.75) is 31.4 Å². The molecular formula is C26H25F4N3O3S. The lowest BCUT2D eigenvalue weighted by atomic mass is 9.99. The third-order valence-electron chi connectivity index (χ3n) is 6.07. The molecule has 0 spiro atoms. The molecule has 0 aromatic heterocycles. The van der Waals surface area contributed by atoms with Gasteiger partial charge < -0.3 is 20.3 Å². The highest BCUT2D eigenvalue weighted by atomic mass is 32.2. The molecule has 0 saturated carbocycles. The summed E-state index contributed by atoms with van der Waals surface area (Å²) in [6.45, 7) is 2.59. The molecule has 1 unspecified atom stereocenters. The number of rotatable bonds is 8. The molecule has 1 fully saturated rings. The van der Waals surface area contributed by atoms with E-state index < -0.39 is 58.2 Å². The van der Waals surface area contributed by atoms with Crippen LogP contribution in [0.1, 0.15) is 39.9 Å². The molecule has 1 atom stereocenters. The molecule has 11 heteroatoms. The highest BCUT2D eigenvalue weighted by Crippen LogP contribution is 2.32. The van der Waals surface area contributed by atoms with E-state index in [9.17, 15) is 13.7 Å². The number of carbonyl (C=O) groups excluding carboxylic acids is 1. The van der Waals surface area contributed by atoms with Crippen LogP contribution >= 0.6 is 0 Å². The van der Waals surface area contributed by atoms with Crippen molar-refractivity contribution in [1.82, 2.24) is 0 Å². The Kier molecular flexibility index (Phi) is 8.25. The molecule has 1 heterocycles. The minimum Gasteiger partial charge on any atom is -0.593 e. The summed E-state index contributed by atoms with van der Waals surface area (Å²) in [5.74, 6) is -5.40. The van der Waals surface area contributed by atoms with Crippen molar-refractivity contribution < 1.29 is 31.6 Å². The maximum absolute atomic E-state index is 15.2. The van der Waals surface area contributed by atoms with Gasteiger partial charge in [0.1, 0.15) is 16.8 Å². The van der Waals surface area contributed by atoms with Gasteiger partial charge in [0.25, 0.3) is 5.91 Å². The summed E-state index contributed by atoms with van der Waals surface area (Å²) in [5, 5.41) is 2.20. The second-order valence-corrected chi connectivity index (χ2v) is 10.2. The zero-order chi connectivity index (χ0) is 26.7. The summed E-state index contributed by atoms with van der Waals surface area (Å²) in [7, 11) is 0. The molecule has 3 aromatic rings. The second-order valence-electron chi connectivity index (χ2n) is 8.73. The smallest absolute Gasteiger partial charge is 0.250 e. The van der Waals surface area contributed by atoms with Gasteiger partial charge in [0.15, 0.2) is 17.5 Å². The number of hydrogen-bond acceptors (Lipinski definition) is 5. The van der Waals surface area contributed by atoms with Crippen LogP contribution in [-0.4, -0.2) is 28.9 Å². The van der Waals surface area contributed by atoms with Crippen LogP contribution in [0.4, 0.5) is 34.6 Å². The molecule has 196 valence electrons. The van der Waals surface area contributed by atoms with E-state index >= 15 is 13.2 Å². The SMILES string of the molecule is Cc1ccc(Nc2c(C(N)=O)cc(Cc3cccc(N[S+]([O-])C4CCOCC4)c3F)c(F)c2F)c(F)c1. The maximum Gasteiger partial charge on any atom is 0.250 e. The Hall–Kier alpha value is -3.28. The minimum absolute atomic E-state index is 0.0204. The minimum atomic E-state index is -1.57. The first kappa shape index (κ1) is 26.8. The largest absolute Gasteiger partial charge is 0.593 e. The molecule has 4 rings (SSSR count). The summed E-state index contributed by atoms with van der Waals surface area (Å²) in [6.07, 6.45) is 0.704. The van der Waals surface area contributed by atoms with Gasteiger partial charge in [0, 0.05) is 19.3 Å². The van der Waals surface area contributed by atoms with E-state index in [1.165, 1.54) is 30.3 Å². The van der Waals surface area contributed by atoms with Crippen LogP contribution in [0.25, 0.3) is 0 Å². The van der Waals surface area contributed by atoms with Crippen LogP contribution in [0, 0.1) is 30.2 Å². The molecule has 1 aliphatic heterocycles. The van der Waals surface area contributed by atoms with Gasteiger partial charge in [-0.3, -0.25) is 4.79 Å². The number of benzene rings is 3. The summed E-state index contributed by atoms with van der Waals surface area (Å²) >= 11 is -1.57. The van der Waals surface area contributed by atoms with Crippen molar-refractivity contribution in [3.8, 4) is 0 Å². The fourth-order valence-corrected chi connectivity index (χ4v) is 5.22. The topological polar surface area (TPSA) is 99.4 Å². The van der Waals surface area contributed by atoms with Crippen LogP contribution in [0.15, 0.2) is 42.5 Å². The maximum atomic E-state index is 15.2. The first-order valence-electron chi connectivity index (χ1n) is 11.5. The number of nitrogens with one attached hydrogen (secondary N) is 2. The predicted octanol–water partition coefficient (Wildman–Crippen LogP) is 5.24. The molecule has 1 amide bonds. The molecule has 0 aliphatic carbocycles. The molecule has 1 aliphatic rings. The first-order valence-corrected chi connectivity index (χ1v) is 12.7. The number of amides is 1. The van der Waals surface area contributed by atoms with Crippen molar-refractivity contribution in [2.24, 2.45) is 5.73 Å². The number of nitrogens with two attached hydrogens (primary N) is 1. The van der Waals surface area contributed by atoms with Gasteiger partial charge in [0.05, 0.1) is 41.5 Å². The lowest BCUT2D eigenvalue weighted by Crippen LogP contribution is -2.33. The van der Waals surface area contributed by atoms with Crippen molar-refractivity contribution in [3.05, 3.63) is 88.0 Å². The van der Waals surface area contributed by atoms with Crippen LogP contribution in [-0.2, 0) is 22.5 Å². The average molecular weight is 536 g/mol. The average Bonchev–Trinajstić information content (AvgIpc) is 2.87. The Labute approximate surface area is 214 Å². The highest BCUT2D eigenvalue weighted by molar-refractivity contribution is 7.93. The Morgan fingerprint density at radius 3 is 2.43 bits per heavy atom. The Morgan fingerprint density at radius 2 is 1.76 bits per heavy atom. The van der Waals surface area contributed by atoms with Crippen LogP contribution in [0.2, 0.25) is 0 Å². The highest BCUT2D eigenvalue weighted by Gasteiger charge is 2.28. The molecule has 0 bridgehead atoms. The van der Waals surface area contributed by atoms with E-state index in [0.29, 0.717) is 31.6 Å². The summed E-state index contributed by atoms with van der Waals surface area (Å²) in [6, 6.07) is 9.32. The Bertz CT molecular complexity index is 1320. The number of primary amides is 1. The van der Waals surface area contributed by atoms with Crippen molar-refractivity contribution in [3.63, 3.8) is 0 Å². The number of hydrogen-bond donors (Lipinski definition) is 3. The number of aryl methyl sites for hydroxylation is 1. The van der Waals surface area contributed by atoms with E-state index in [1.54, 1.807) is 13.0 Å². The summed E-state index contributed by atoms with van der Waals surface area (Å²) < 4.78 is 80.3. The quantitative estimate of drug-likeness (QED) is 0.271. The molecule has 37 heavy (non-hydrogen) atoms. The van der Waals surface area contributed by atoms with Gasteiger partial charge >= 0.3 is 0 Å². The molecule has 3 aromatic carbocycles. The van der Waals surface area contributed by atoms with Crippen molar-refractivity contribution >= 4 is 34.3 Å². The fraction of sp³-hybridized carbons (Fsp3) is 0.269. The van der Waals surface area contributed by atoms with Crippen molar-refractivity contribution in [1.29, 1.82) is 0 Å². The monoisotopic (exact) mass is 535 g/mol. The molecule has 0 radical (unpaired) electrons. The zero-order valence-electron chi connectivity index (χ0n) is 19.9. The van der Waals surface area contributed by atoms with Crippen LogP contribution < -0.4 is 15.8 Å². The third-order valence-corrected chi connectivity index (χ3v) is 7.57. The second kappa shape index (κ2) is 11.4. The van der Waals surface area contributed by atoms with Gasteiger partial charge in [-0.2, -0.15) is 0 Å². The standard InChI is InChI=1S/C26H25F4N3O3S/c1-14-5-6-20(19(27)11-14)32-25-18(26(31)34)13-16(23(29)24(25)30)12-15-3-2-4-21(22(15)28)33-37(35)17-7-9-36-10-8-17/h2-6,11,13,17,32-33H,7-10,12H2,1H3,(H2,31,34). The van der Waals surface area contributed by atoms with Gasteiger partial charge in [-0.25, -0.2) is 22.3 Å². The third kappa shape index (κ3) is 6.00. The fourth-order valence-electron chi connectivity index (χ4n) is 4.06. The van der Waals surface area contributed by atoms with Crippen molar-refractivity contribution in [2.75, 3.05) is 23.3 Å². The molecule has 1 saturated heterocycles. The van der Waals surface area contributed by atoms with E-state index in [0.717, 1.165) is 6.07 Å². The van der Waals surface area contributed by atoms with Gasteiger partial charge in [0.2, 0.25) is 0 Å². The number of carbonyl (C=O) groups is 1. The zero-order valence-corrected chi connectivity index (χ0v) is 20.7. The number of anilines is 3. The first-order chi connectivity index (χ1) is 17.7. The lowest BCUT2D eigenvalue weighted by molar-refractivity contribution is 0.0984. The molecule has 4 N–H and O–H groups in total. The lowest BCUT2D eigenvalue weighted by Gasteiger charge is -2.25. The number of ether oxygens (including phenoxy) is 1. The van der Waals surface area contributed by atoms with E-state index in [4.69, 9.17) is 10.5 Å². The Morgan fingerprint density at radius 1 is 1.03 bits per heavy atom. The normalized spacial score (nSPS) is 14.9. The van der Waals surface area contributed by atoms with E-state index in [1.807, 2.05) is 0 Å². The number of halogens is 4. The molecule has 6 nitrogen and oxygen atoms in total. The predicted molar refractivity (Wildman–Crippen MR) is 134 cm³/mol. The molecular weight excluding hydrogens is 510 g/mol. The van der Waals surface area contributed by atoms with Gasteiger partial charge in [-0.1, -0.05) is 18.2 Å². The summed E-state index contributed by atoms with van der Waals surface area (Å²) in [5.41, 5.74) is 4.38. The van der Waals surface area contributed by atoms with Crippen LogP contribution in [0.5, 0.6) is 0 Å². The van der Waals surface area contributed by atoms with E-state index in [2.05, 4.69) is 10.0 Å². The van der Waals surface area contributed by atoms with Gasteiger partial charge in [-0.15, -0.1) is 0 Å². The Balaban J connectivity index is 1.63. The van der Waals surface area contributed by atoms with E-state index in [-0.39, 0.29) is 27.8 Å².